The summed E-state index contributed by atoms with van der Waals surface area (Å²) < 4.78 is 51.3. The molecule has 2 N–H and O–H groups in total. The molecule has 2 nitrogen and oxygen atoms in total. The molecule has 0 unspecified atom stereocenters. The highest BCUT2D eigenvalue weighted by atomic mass is 32.1. The van der Waals surface area contributed by atoms with Crippen LogP contribution in [0.3, 0.4) is 0 Å². The SMILES string of the molecule is NC(=S)c1cc(F)cc(CN2CCC(C(F)(F)F)CC2)c1. The molecule has 2 rings (SSSR count). The normalized spacial score (nSPS) is 17.9. The van der Waals surface area contributed by atoms with Gasteiger partial charge in [-0.2, -0.15) is 13.2 Å². The average molecular weight is 320 g/mol. The Hall–Kier alpha value is -1.21. The van der Waals surface area contributed by atoms with Crippen molar-refractivity contribution in [2.45, 2.75) is 25.6 Å². The van der Waals surface area contributed by atoms with E-state index in [4.69, 9.17) is 18.0 Å². The van der Waals surface area contributed by atoms with Gasteiger partial charge < -0.3 is 5.73 Å². The summed E-state index contributed by atoms with van der Waals surface area (Å²) in [7, 11) is 0. The fourth-order valence-electron chi connectivity index (χ4n) is 2.56. The molecule has 0 aliphatic carbocycles. The molecular formula is C14H16F4N2S. The molecule has 0 aromatic heterocycles. The number of piperidine rings is 1. The van der Waals surface area contributed by atoms with Crippen LogP contribution in [-0.4, -0.2) is 29.2 Å². The van der Waals surface area contributed by atoms with Crippen molar-refractivity contribution in [2.75, 3.05) is 13.1 Å². The Morgan fingerprint density at radius 3 is 2.38 bits per heavy atom. The minimum atomic E-state index is -4.12. The summed E-state index contributed by atoms with van der Waals surface area (Å²) in [5.74, 6) is -1.67. The second-order valence-corrected chi connectivity index (χ2v) is 5.74. The number of hydrogen-bond donors (Lipinski definition) is 1. The number of rotatable bonds is 3. The maximum atomic E-state index is 13.5. The Morgan fingerprint density at radius 2 is 1.86 bits per heavy atom. The van der Waals surface area contributed by atoms with Gasteiger partial charge in [-0.1, -0.05) is 12.2 Å². The van der Waals surface area contributed by atoms with Crippen LogP contribution in [0.25, 0.3) is 0 Å². The summed E-state index contributed by atoms with van der Waals surface area (Å²) in [5, 5.41) is 0. The zero-order valence-electron chi connectivity index (χ0n) is 11.3. The van der Waals surface area contributed by atoms with Crippen molar-refractivity contribution in [2.24, 2.45) is 11.7 Å². The van der Waals surface area contributed by atoms with E-state index in [2.05, 4.69) is 0 Å². The fraction of sp³-hybridized carbons (Fsp3) is 0.500. The molecule has 0 amide bonds. The van der Waals surface area contributed by atoms with Crippen molar-refractivity contribution < 1.29 is 17.6 Å². The fourth-order valence-corrected chi connectivity index (χ4v) is 2.68. The standard InChI is InChI=1S/C14H16F4N2S/c15-12-6-9(5-10(7-12)13(19)21)8-20-3-1-11(2-4-20)14(16,17)18/h5-7,11H,1-4,8H2,(H2,19,21). The first-order valence-corrected chi connectivity index (χ1v) is 7.05. The van der Waals surface area contributed by atoms with E-state index in [0.717, 1.165) is 0 Å². The van der Waals surface area contributed by atoms with Crippen LogP contribution in [-0.2, 0) is 6.54 Å². The molecule has 1 aliphatic heterocycles. The van der Waals surface area contributed by atoms with E-state index in [9.17, 15) is 17.6 Å². The minimum absolute atomic E-state index is 0.0843. The number of hydrogen-bond acceptors (Lipinski definition) is 2. The highest BCUT2D eigenvalue weighted by Crippen LogP contribution is 2.34. The highest BCUT2D eigenvalue weighted by Gasteiger charge is 2.40. The van der Waals surface area contributed by atoms with Gasteiger partial charge in [0.25, 0.3) is 0 Å². The third kappa shape index (κ3) is 4.38. The van der Waals surface area contributed by atoms with E-state index in [1.807, 2.05) is 4.90 Å². The van der Waals surface area contributed by atoms with Crippen molar-refractivity contribution in [3.05, 3.63) is 35.1 Å². The van der Waals surface area contributed by atoms with Gasteiger partial charge in [0, 0.05) is 12.1 Å². The monoisotopic (exact) mass is 320 g/mol. The van der Waals surface area contributed by atoms with Gasteiger partial charge in [-0.3, -0.25) is 4.90 Å². The molecule has 0 radical (unpaired) electrons. The number of nitrogens with zero attached hydrogens (tertiary/aromatic N) is 1. The van der Waals surface area contributed by atoms with Gasteiger partial charge in [-0.15, -0.1) is 0 Å². The first-order chi connectivity index (χ1) is 9.75. The molecule has 1 aromatic carbocycles. The first-order valence-electron chi connectivity index (χ1n) is 6.64. The lowest BCUT2D eigenvalue weighted by atomic mass is 9.96. The lowest BCUT2D eigenvalue weighted by Gasteiger charge is -2.32. The van der Waals surface area contributed by atoms with Crippen LogP contribution in [0.1, 0.15) is 24.0 Å². The number of likely N-dealkylation sites (tertiary alicyclic amines) is 1. The molecule has 1 aliphatic rings. The van der Waals surface area contributed by atoms with Gasteiger partial charge in [0.15, 0.2) is 0 Å². The van der Waals surface area contributed by atoms with Crippen LogP contribution < -0.4 is 5.73 Å². The molecule has 1 heterocycles. The maximum Gasteiger partial charge on any atom is 0.391 e. The van der Waals surface area contributed by atoms with Gasteiger partial charge in [0.2, 0.25) is 0 Å². The van der Waals surface area contributed by atoms with Gasteiger partial charge in [0.05, 0.1) is 5.92 Å². The summed E-state index contributed by atoms with van der Waals surface area (Å²) in [6.07, 6.45) is -3.95. The molecule has 7 heteroatoms. The largest absolute Gasteiger partial charge is 0.391 e. The zero-order valence-corrected chi connectivity index (χ0v) is 12.1. The smallest absolute Gasteiger partial charge is 0.389 e. The van der Waals surface area contributed by atoms with E-state index in [-0.39, 0.29) is 17.8 Å². The summed E-state index contributed by atoms with van der Waals surface area (Å²) in [6, 6.07) is 4.29. The molecule has 21 heavy (non-hydrogen) atoms. The average Bonchev–Trinajstić information content (AvgIpc) is 2.37. The molecule has 0 saturated carbocycles. The third-order valence-corrected chi connectivity index (χ3v) is 3.93. The van der Waals surface area contributed by atoms with Gasteiger partial charge in [0.1, 0.15) is 10.8 Å². The van der Waals surface area contributed by atoms with Crippen LogP contribution in [0.5, 0.6) is 0 Å². The van der Waals surface area contributed by atoms with Crippen LogP contribution in [0.2, 0.25) is 0 Å². The molecule has 0 atom stereocenters. The zero-order chi connectivity index (χ0) is 15.6. The molecule has 1 fully saturated rings. The Labute approximate surface area is 125 Å². The van der Waals surface area contributed by atoms with Crippen LogP contribution >= 0.6 is 12.2 Å². The number of nitrogens with two attached hydrogens (primary N) is 1. The van der Waals surface area contributed by atoms with E-state index in [0.29, 0.717) is 30.8 Å². The van der Waals surface area contributed by atoms with Crippen LogP contribution in [0.4, 0.5) is 17.6 Å². The van der Waals surface area contributed by atoms with Crippen molar-refractivity contribution in [3.8, 4) is 0 Å². The van der Waals surface area contributed by atoms with Crippen molar-refractivity contribution in [3.63, 3.8) is 0 Å². The summed E-state index contributed by atoms with van der Waals surface area (Å²) in [4.78, 5) is 1.99. The minimum Gasteiger partial charge on any atom is -0.389 e. The number of benzene rings is 1. The summed E-state index contributed by atoms with van der Waals surface area (Å²) in [6.45, 7) is 1.10. The Balaban J connectivity index is 1.99. The Kier molecular flexibility index (Phi) is 4.83. The molecule has 1 saturated heterocycles. The second kappa shape index (κ2) is 6.27. The maximum absolute atomic E-state index is 13.5. The van der Waals surface area contributed by atoms with Crippen LogP contribution in [0.15, 0.2) is 18.2 Å². The first kappa shape index (κ1) is 16.2. The number of halogens is 4. The van der Waals surface area contributed by atoms with E-state index < -0.39 is 17.9 Å². The lowest BCUT2D eigenvalue weighted by Crippen LogP contribution is -2.38. The third-order valence-electron chi connectivity index (χ3n) is 3.70. The van der Waals surface area contributed by atoms with Gasteiger partial charge in [-0.25, -0.2) is 4.39 Å². The molecular weight excluding hydrogens is 304 g/mol. The van der Waals surface area contributed by atoms with Crippen molar-refractivity contribution >= 4 is 17.2 Å². The van der Waals surface area contributed by atoms with Gasteiger partial charge in [-0.05, 0) is 49.7 Å². The summed E-state index contributed by atoms with van der Waals surface area (Å²) in [5.41, 5.74) is 6.58. The van der Waals surface area contributed by atoms with Crippen LogP contribution in [0, 0.1) is 11.7 Å². The molecule has 0 spiro atoms. The predicted molar refractivity (Wildman–Crippen MR) is 76.3 cm³/mol. The summed E-state index contributed by atoms with van der Waals surface area (Å²) >= 11 is 4.81. The molecule has 0 bridgehead atoms. The van der Waals surface area contributed by atoms with E-state index in [1.165, 1.54) is 12.1 Å². The lowest BCUT2D eigenvalue weighted by molar-refractivity contribution is -0.185. The number of alkyl halides is 3. The van der Waals surface area contributed by atoms with Crippen molar-refractivity contribution in [1.82, 2.24) is 4.90 Å². The number of thiocarbonyl (C=S) groups is 1. The second-order valence-electron chi connectivity index (χ2n) is 5.30. The van der Waals surface area contributed by atoms with Crippen molar-refractivity contribution in [1.29, 1.82) is 0 Å². The van der Waals surface area contributed by atoms with Gasteiger partial charge >= 0.3 is 6.18 Å². The molecule has 1 aromatic rings. The topological polar surface area (TPSA) is 29.3 Å². The molecule has 116 valence electrons. The Bertz CT molecular complexity index is 522. The van der Waals surface area contributed by atoms with E-state index in [1.54, 1.807) is 6.07 Å². The highest BCUT2D eigenvalue weighted by molar-refractivity contribution is 7.80. The van der Waals surface area contributed by atoms with E-state index >= 15 is 0 Å². The predicted octanol–water partition coefficient (Wildman–Crippen LogP) is 3.23. The quantitative estimate of drug-likeness (QED) is 0.685. The Morgan fingerprint density at radius 1 is 1.24 bits per heavy atom.